The molecule has 4 rings (SSSR count). The molecule has 3 aromatic rings. The molecule has 2 heterocycles. The number of carbonyl (C=O) groups excluding carboxylic acids is 2. The summed E-state index contributed by atoms with van der Waals surface area (Å²) in [6.07, 6.45) is 0.0180. The summed E-state index contributed by atoms with van der Waals surface area (Å²) in [5.41, 5.74) is 3.92. The molecule has 1 saturated heterocycles. The summed E-state index contributed by atoms with van der Waals surface area (Å²) in [6, 6.07) is 14.0. The van der Waals surface area contributed by atoms with E-state index in [2.05, 4.69) is 0 Å². The number of hydrogen-bond donors (Lipinski definition) is 1. The Hall–Kier alpha value is -3.38. The molecule has 0 saturated carbocycles. The number of anilines is 1. The van der Waals surface area contributed by atoms with Gasteiger partial charge in [-0.15, -0.1) is 11.3 Å². The van der Waals surface area contributed by atoms with Crippen molar-refractivity contribution in [2.45, 2.75) is 46.8 Å². The van der Waals surface area contributed by atoms with E-state index >= 15 is 0 Å². The number of aryl methyl sites for hydroxylation is 3. The van der Waals surface area contributed by atoms with Crippen molar-refractivity contribution in [3.05, 3.63) is 86.6 Å². The summed E-state index contributed by atoms with van der Waals surface area (Å²) in [7, 11) is 0. The highest BCUT2D eigenvalue weighted by Gasteiger charge is 2.48. The maximum Gasteiger partial charge on any atom is 0.300 e. The molecule has 6 heteroatoms. The van der Waals surface area contributed by atoms with Crippen molar-refractivity contribution in [2.24, 2.45) is 0 Å². The Morgan fingerprint density at radius 2 is 1.73 bits per heavy atom. The van der Waals surface area contributed by atoms with Gasteiger partial charge in [0.2, 0.25) is 0 Å². The van der Waals surface area contributed by atoms with E-state index in [9.17, 15) is 14.7 Å². The summed E-state index contributed by atoms with van der Waals surface area (Å²) in [5.74, 6) is -0.789. The zero-order valence-corrected chi connectivity index (χ0v) is 20.2. The Kier molecular flexibility index (Phi) is 6.13. The van der Waals surface area contributed by atoms with Gasteiger partial charge >= 0.3 is 0 Å². The number of ether oxygens (including phenoxy) is 1. The fourth-order valence-corrected chi connectivity index (χ4v) is 5.19. The molecule has 1 amide bonds. The van der Waals surface area contributed by atoms with Crippen LogP contribution in [0.3, 0.4) is 0 Å². The molecular weight excluding hydrogens is 434 g/mol. The van der Waals surface area contributed by atoms with Crippen LogP contribution in [0.2, 0.25) is 0 Å². The quantitative estimate of drug-likeness (QED) is 0.284. The third-order valence-corrected chi connectivity index (χ3v) is 6.85. The van der Waals surface area contributed by atoms with Gasteiger partial charge in [0.15, 0.2) is 0 Å². The number of carbonyl (C=O) groups is 2. The lowest BCUT2D eigenvalue weighted by atomic mass is 9.97. The predicted octanol–water partition coefficient (Wildman–Crippen LogP) is 6.09. The van der Waals surface area contributed by atoms with Gasteiger partial charge in [0.1, 0.15) is 17.6 Å². The van der Waals surface area contributed by atoms with Gasteiger partial charge in [-0.1, -0.05) is 18.2 Å². The van der Waals surface area contributed by atoms with E-state index in [0.717, 1.165) is 21.6 Å². The van der Waals surface area contributed by atoms with E-state index in [-0.39, 0.29) is 17.4 Å². The van der Waals surface area contributed by atoms with Crippen molar-refractivity contribution < 1.29 is 19.4 Å². The van der Waals surface area contributed by atoms with Crippen LogP contribution in [-0.2, 0) is 9.59 Å². The highest BCUT2D eigenvalue weighted by molar-refractivity contribution is 7.10. The summed E-state index contributed by atoms with van der Waals surface area (Å²) in [4.78, 5) is 29.0. The number of ketones is 1. The molecule has 0 bridgehead atoms. The van der Waals surface area contributed by atoms with E-state index in [0.29, 0.717) is 17.0 Å². The molecule has 1 aliphatic rings. The summed E-state index contributed by atoms with van der Waals surface area (Å²) >= 11 is 1.47. The lowest BCUT2D eigenvalue weighted by Crippen LogP contribution is -2.30. The van der Waals surface area contributed by atoms with Gasteiger partial charge in [-0.3, -0.25) is 14.5 Å². The van der Waals surface area contributed by atoms with Gasteiger partial charge in [0.25, 0.3) is 11.7 Å². The molecule has 1 atom stereocenters. The largest absolute Gasteiger partial charge is 0.507 e. The van der Waals surface area contributed by atoms with Crippen LogP contribution >= 0.6 is 11.3 Å². The van der Waals surface area contributed by atoms with Crippen LogP contribution in [0.25, 0.3) is 5.76 Å². The van der Waals surface area contributed by atoms with Gasteiger partial charge in [0.05, 0.1) is 11.7 Å². The van der Waals surface area contributed by atoms with Crippen molar-refractivity contribution >= 4 is 34.5 Å². The Bertz CT molecular complexity index is 1270. The molecule has 0 spiro atoms. The molecule has 0 aliphatic carbocycles. The smallest absolute Gasteiger partial charge is 0.300 e. The van der Waals surface area contributed by atoms with Gasteiger partial charge in [-0.05, 0) is 87.0 Å². The van der Waals surface area contributed by atoms with Gasteiger partial charge in [0, 0.05) is 16.1 Å². The molecule has 1 aliphatic heterocycles. The minimum atomic E-state index is -0.696. The number of Topliss-reactive ketones (excluding diaryl/α,β-unsaturated/α-hetero) is 1. The van der Waals surface area contributed by atoms with Gasteiger partial charge in [-0.25, -0.2) is 0 Å². The lowest BCUT2D eigenvalue weighted by molar-refractivity contribution is -0.132. The number of amides is 1. The van der Waals surface area contributed by atoms with Crippen molar-refractivity contribution in [1.29, 1.82) is 0 Å². The minimum absolute atomic E-state index is 0.0180. The number of benzene rings is 2. The fraction of sp³-hybridized carbons (Fsp3) is 0.259. The predicted molar refractivity (Wildman–Crippen MR) is 132 cm³/mol. The number of thiophene rings is 1. The van der Waals surface area contributed by atoms with Crippen molar-refractivity contribution in [1.82, 2.24) is 0 Å². The molecule has 2 aromatic carbocycles. The second kappa shape index (κ2) is 8.87. The lowest BCUT2D eigenvalue weighted by Gasteiger charge is -2.26. The summed E-state index contributed by atoms with van der Waals surface area (Å²) < 4.78 is 5.80. The average Bonchev–Trinajstić information content (AvgIpc) is 3.30. The second-order valence-corrected chi connectivity index (χ2v) is 9.52. The number of hydrogen-bond acceptors (Lipinski definition) is 5. The van der Waals surface area contributed by atoms with E-state index in [1.54, 1.807) is 18.2 Å². The molecule has 1 aromatic heterocycles. The van der Waals surface area contributed by atoms with Gasteiger partial charge in [-0.2, -0.15) is 0 Å². The fourth-order valence-electron chi connectivity index (χ4n) is 4.17. The van der Waals surface area contributed by atoms with Crippen molar-refractivity contribution in [3.8, 4) is 5.75 Å². The number of para-hydroxylation sites is 1. The Morgan fingerprint density at radius 1 is 1.00 bits per heavy atom. The first kappa shape index (κ1) is 22.8. The Balaban J connectivity index is 1.91. The SMILES string of the molecule is Cc1cc(/C(O)=C2/C(=O)C(=O)N(c3ccccc3C)C2c2sccc2C)ccc1OC(C)C. The van der Waals surface area contributed by atoms with E-state index in [1.165, 1.54) is 16.2 Å². The molecule has 170 valence electrons. The number of rotatable bonds is 5. The standard InChI is InChI=1S/C27H27NO4S/c1-15(2)32-21-11-10-19(14-18(21)5)24(29)22-23(26-17(4)12-13-33-26)28(27(31)25(22)30)20-9-7-6-8-16(20)3/h6-15,23,29H,1-5H3/b24-22-. The third-order valence-electron chi connectivity index (χ3n) is 5.78. The number of aliphatic hydroxyl groups is 1. The molecule has 0 radical (unpaired) electrons. The number of nitrogens with zero attached hydrogens (tertiary/aromatic N) is 1. The van der Waals surface area contributed by atoms with Crippen molar-refractivity contribution in [3.63, 3.8) is 0 Å². The maximum absolute atomic E-state index is 13.3. The minimum Gasteiger partial charge on any atom is -0.507 e. The first-order valence-corrected chi connectivity index (χ1v) is 11.8. The van der Waals surface area contributed by atoms with E-state index in [4.69, 9.17) is 4.74 Å². The van der Waals surface area contributed by atoms with Crippen LogP contribution in [0.15, 0.2) is 59.5 Å². The van der Waals surface area contributed by atoms with Crippen LogP contribution in [0.4, 0.5) is 5.69 Å². The second-order valence-electron chi connectivity index (χ2n) is 8.57. The molecule has 5 nitrogen and oxygen atoms in total. The van der Waals surface area contributed by atoms with Crippen LogP contribution < -0.4 is 9.64 Å². The molecule has 1 N–H and O–H groups in total. The highest BCUT2D eigenvalue weighted by atomic mass is 32.1. The third kappa shape index (κ3) is 4.07. The average molecular weight is 462 g/mol. The number of aliphatic hydroxyl groups excluding tert-OH is 1. The molecule has 33 heavy (non-hydrogen) atoms. The summed E-state index contributed by atoms with van der Waals surface area (Å²) in [6.45, 7) is 9.64. The van der Waals surface area contributed by atoms with Gasteiger partial charge < -0.3 is 9.84 Å². The molecular formula is C27H27NO4S. The zero-order valence-electron chi connectivity index (χ0n) is 19.4. The maximum atomic E-state index is 13.3. The molecule has 1 fully saturated rings. The monoisotopic (exact) mass is 461 g/mol. The van der Waals surface area contributed by atoms with E-state index < -0.39 is 17.7 Å². The Labute approximate surface area is 197 Å². The van der Waals surface area contributed by atoms with Crippen LogP contribution in [0.1, 0.15) is 47.0 Å². The van der Waals surface area contributed by atoms with Crippen LogP contribution in [0, 0.1) is 20.8 Å². The first-order chi connectivity index (χ1) is 15.7. The summed E-state index contributed by atoms with van der Waals surface area (Å²) in [5, 5.41) is 13.3. The first-order valence-electron chi connectivity index (χ1n) is 10.9. The topological polar surface area (TPSA) is 66.8 Å². The zero-order chi connectivity index (χ0) is 23.9. The van der Waals surface area contributed by atoms with Crippen LogP contribution in [-0.4, -0.2) is 22.9 Å². The van der Waals surface area contributed by atoms with E-state index in [1.807, 2.05) is 70.3 Å². The highest BCUT2D eigenvalue weighted by Crippen LogP contribution is 2.45. The van der Waals surface area contributed by atoms with Crippen LogP contribution in [0.5, 0.6) is 5.75 Å². The normalized spacial score (nSPS) is 17.8. The van der Waals surface area contributed by atoms with Crippen molar-refractivity contribution in [2.75, 3.05) is 4.90 Å². The molecule has 1 unspecified atom stereocenters. The Morgan fingerprint density at radius 3 is 2.33 bits per heavy atom.